The second-order valence-electron chi connectivity index (χ2n) is 3.84. The third-order valence-electron chi connectivity index (χ3n) is 2.37. The number of carbonyl (C=O) groups excluding carboxylic acids is 1. The summed E-state index contributed by atoms with van der Waals surface area (Å²) >= 11 is 1.03. The van der Waals surface area contributed by atoms with E-state index in [-0.39, 0.29) is 11.4 Å². The summed E-state index contributed by atoms with van der Waals surface area (Å²) in [5.41, 5.74) is 0.438. The van der Waals surface area contributed by atoms with E-state index in [1.54, 1.807) is 14.0 Å². The van der Waals surface area contributed by atoms with Gasteiger partial charge in [0.2, 0.25) is 5.95 Å². The van der Waals surface area contributed by atoms with Crippen molar-refractivity contribution < 1.29 is 14.7 Å². The molecule has 2 rings (SSSR count). The topological polar surface area (TPSA) is 122 Å². The molecule has 0 bridgehead atoms. The van der Waals surface area contributed by atoms with Crippen molar-refractivity contribution in [2.24, 2.45) is 7.05 Å². The van der Waals surface area contributed by atoms with Gasteiger partial charge >= 0.3 is 12.0 Å². The lowest BCUT2D eigenvalue weighted by Gasteiger charge is -2.04. The van der Waals surface area contributed by atoms with Crippen molar-refractivity contribution >= 4 is 29.3 Å². The Morgan fingerprint density at radius 3 is 2.80 bits per heavy atom. The number of aromatic nitrogens is 4. The zero-order valence-electron chi connectivity index (χ0n) is 10.7. The second kappa shape index (κ2) is 5.65. The predicted molar refractivity (Wildman–Crippen MR) is 70.7 cm³/mol. The number of carbonyl (C=O) groups is 2. The smallest absolute Gasteiger partial charge is 0.347 e. The van der Waals surface area contributed by atoms with Crippen molar-refractivity contribution in [1.29, 1.82) is 0 Å². The first-order valence-corrected chi connectivity index (χ1v) is 6.37. The number of hydrogen-bond donors (Lipinski definition) is 3. The van der Waals surface area contributed by atoms with Crippen LogP contribution in [0, 0.1) is 6.92 Å². The fraction of sp³-hybridized carbons (Fsp3) is 0.300. The summed E-state index contributed by atoms with van der Waals surface area (Å²) in [7, 11) is 1.64. The number of nitrogens with zero attached hydrogens (tertiary/aromatic N) is 4. The van der Waals surface area contributed by atoms with Crippen LogP contribution in [-0.4, -0.2) is 36.9 Å². The summed E-state index contributed by atoms with van der Waals surface area (Å²) in [5, 5.41) is 18.3. The Balaban J connectivity index is 1.92. The molecule has 0 aliphatic carbocycles. The average molecular weight is 296 g/mol. The Bertz CT molecular complexity index is 649. The highest BCUT2D eigenvalue weighted by Gasteiger charge is 2.14. The molecule has 0 spiro atoms. The van der Waals surface area contributed by atoms with E-state index in [1.165, 1.54) is 11.0 Å². The van der Waals surface area contributed by atoms with E-state index < -0.39 is 12.0 Å². The minimum absolute atomic E-state index is 0.141. The Hall–Kier alpha value is -2.49. The number of nitrogens with one attached hydrogen (secondary N) is 2. The molecule has 9 nitrogen and oxygen atoms in total. The SMILES string of the molecule is Cc1nc(CNC(=O)Nc2ncnn2C)sc1C(=O)O. The van der Waals surface area contributed by atoms with Crippen LogP contribution in [0.1, 0.15) is 20.4 Å². The molecule has 2 amide bonds. The summed E-state index contributed by atoms with van der Waals surface area (Å²) < 4.78 is 1.41. The van der Waals surface area contributed by atoms with Crippen molar-refractivity contribution in [3.05, 3.63) is 21.9 Å². The lowest BCUT2D eigenvalue weighted by Crippen LogP contribution is -2.29. The van der Waals surface area contributed by atoms with E-state index in [1.807, 2.05) is 0 Å². The van der Waals surface area contributed by atoms with Crippen molar-refractivity contribution in [2.45, 2.75) is 13.5 Å². The van der Waals surface area contributed by atoms with Gasteiger partial charge in [-0.3, -0.25) is 5.32 Å². The maximum atomic E-state index is 11.6. The number of aryl methyl sites for hydroxylation is 2. The number of hydrogen-bond acceptors (Lipinski definition) is 6. The zero-order chi connectivity index (χ0) is 14.7. The first-order chi connectivity index (χ1) is 9.47. The lowest BCUT2D eigenvalue weighted by molar-refractivity contribution is 0.0701. The number of anilines is 1. The number of carboxylic acids is 1. The van der Waals surface area contributed by atoms with Crippen LogP contribution in [0.25, 0.3) is 0 Å². The molecule has 0 saturated heterocycles. The molecule has 0 saturated carbocycles. The van der Waals surface area contributed by atoms with Crippen LogP contribution in [0.3, 0.4) is 0 Å². The van der Waals surface area contributed by atoms with Crippen LogP contribution in [0.5, 0.6) is 0 Å². The standard InChI is InChI=1S/C10H12N6O3S/c1-5-7(8(17)18)20-6(14-5)3-11-10(19)15-9-12-4-13-16(9)2/h4H,3H2,1-2H3,(H,17,18)(H2,11,12,13,15,19). The first-order valence-electron chi connectivity index (χ1n) is 5.56. The summed E-state index contributed by atoms with van der Waals surface area (Å²) in [6, 6.07) is -0.467. The highest BCUT2D eigenvalue weighted by atomic mass is 32.1. The molecule has 2 aromatic heterocycles. The summed E-state index contributed by atoms with van der Waals surface area (Å²) in [6.07, 6.45) is 1.32. The third-order valence-corrected chi connectivity index (χ3v) is 3.52. The minimum atomic E-state index is -1.02. The fourth-order valence-corrected chi connectivity index (χ4v) is 2.28. The van der Waals surface area contributed by atoms with Crippen molar-refractivity contribution in [3.63, 3.8) is 0 Å². The quantitative estimate of drug-likeness (QED) is 0.759. The Kier molecular flexibility index (Phi) is 3.94. The van der Waals surface area contributed by atoms with E-state index in [9.17, 15) is 9.59 Å². The molecule has 2 heterocycles. The monoisotopic (exact) mass is 296 g/mol. The molecule has 0 aliphatic rings. The van der Waals surface area contributed by atoms with Gasteiger partial charge in [-0.1, -0.05) is 0 Å². The normalized spacial score (nSPS) is 10.3. The van der Waals surface area contributed by atoms with Crippen LogP contribution in [0.2, 0.25) is 0 Å². The van der Waals surface area contributed by atoms with Gasteiger partial charge < -0.3 is 10.4 Å². The largest absolute Gasteiger partial charge is 0.477 e. The van der Waals surface area contributed by atoms with Gasteiger partial charge in [0.1, 0.15) is 16.2 Å². The Morgan fingerprint density at radius 2 is 2.25 bits per heavy atom. The molecule has 0 aromatic carbocycles. The number of rotatable bonds is 4. The van der Waals surface area contributed by atoms with E-state index in [0.29, 0.717) is 16.6 Å². The van der Waals surface area contributed by atoms with Crippen LogP contribution < -0.4 is 10.6 Å². The van der Waals surface area contributed by atoms with E-state index >= 15 is 0 Å². The molecular weight excluding hydrogens is 284 g/mol. The summed E-state index contributed by atoms with van der Waals surface area (Å²) in [4.78, 5) is 30.6. The number of carboxylic acid groups (broad SMARTS) is 1. The first kappa shape index (κ1) is 13.9. The van der Waals surface area contributed by atoms with Crippen molar-refractivity contribution in [3.8, 4) is 0 Å². The highest BCUT2D eigenvalue weighted by Crippen LogP contribution is 2.17. The van der Waals surface area contributed by atoms with E-state index in [4.69, 9.17) is 5.11 Å². The molecule has 0 aliphatic heterocycles. The van der Waals surface area contributed by atoms with Crippen LogP contribution in [0.4, 0.5) is 10.7 Å². The van der Waals surface area contributed by atoms with Gasteiger partial charge in [-0.05, 0) is 6.92 Å². The summed E-state index contributed by atoms with van der Waals surface area (Å²) in [5.74, 6) is -0.709. The molecule has 0 radical (unpaired) electrons. The van der Waals surface area contributed by atoms with Gasteiger partial charge in [0, 0.05) is 7.05 Å². The third kappa shape index (κ3) is 3.09. The molecular formula is C10H12N6O3S. The second-order valence-corrected chi connectivity index (χ2v) is 4.93. The molecule has 2 aromatic rings. The Labute approximate surface area is 117 Å². The number of urea groups is 1. The number of amides is 2. The molecule has 3 N–H and O–H groups in total. The van der Waals surface area contributed by atoms with Crippen molar-refractivity contribution in [2.75, 3.05) is 5.32 Å². The summed E-state index contributed by atoms with van der Waals surface area (Å²) in [6.45, 7) is 1.76. The highest BCUT2D eigenvalue weighted by molar-refractivity contribution is 7.13. The van der Waals surface area contributed by atoms with E-state index in [0.717, 1.165) is 11.3 Å². The maximum absolute atomic E-state index is 11.6. The molecule has 106 valence electrons. The molecule has 10 heteroatoms. The molecule has 0 unspecified atom stereocenters. The molecule has 0 fully saturated rings. The molecule has 20 heavy (non-hydrogen) atoms. The van der Waals surface area contributed by atoms with Gasteiger partial charge in [0.15, 0.2) is 0 Å². The number of thiazole rings is 1. The maximum Gasteiger partial charge on any atom is 0.347 e. The average Bonchev–Trinajstić information content (AvgIpc) is 2.94. The van der Waals surface area contributed by atoms with Gasteiger partial charge in [-0.25, -0.2) is 19.3 Å². The van der Waals surface area contributed by atoms with Crippen LogP contribution in [-0.2, 0) is 13.6 Å². The van der Waals surface area contributed by atoms with Gasteiger partial charge in [0.05, 0.1) is 12.2 Å². The lowest BCUT2D eigenvalue weighted by atomic mass is 10.4. The number of aromatic carboxylic acids is 1. The fourth-order valence-electron chi connectivity index (χ4n) is 1.44. The van der Waals surface area contributed by atoms with Gasteiger partial charge in [-0.2, -0.15) is 10.1 Å². The predicted octanol–water partition coefficient (Wildman–Crippen LogP) is 0.600. The zero-order valence-corrected chi connectivity index (χ0v) is 11.6. The van der Waals surface area contributed by atoms with Gasteiger partial charge in [-0.15, -0.1) is 11.3 Å². The Morgan fingerprint density at radius 1 is 1.50 bits per heavy atom. The molecule has 0 atom stereocenters. The van der Waals surface area contributed by atoms with E-state index in [2.05, 4.69) is 25.7 Å². The van der Waals surface area contributed by atoms with Gasteiger partial charge in [0.25, 0.3) is 0 Å². The van der Waals surface area contributed by atoms with Crippen LogP contribution in [0.15, 0.2) is 6.33 Å². The van der Waals surface area contributed by atoms with Crippen molar-refractivity contribution in [1.82, 2.24) is 25.1 Å². The minimum Gasteiger partial charge on any atom is -0.477 e. The van der Waals surface area contributed by atoms with Crippen LogP contribution >= 0.6 is 11.3 Å².